The second-order valence-corrected chi connectivity index (χ2v) is 6.46. The fourth-order valence-corrected chi connectivity index (χ4v) is 2.75. The van der Waals surface area contributed by atoms with Crippen molar-refractivity contribution in [2.75, 3.05) is 0 Å². The van der Waals surface area contributed by atoms with E-state index in [0.29, 0.717) is 0 Å². The van der Waals surface area contributed by atoms with Crippen LogP contribution in [0, 0.1) is 15.9 Å². The lowest BCUT2D eigenvalue weighted by Crippen LogP contribution is -2.09. The highest BCUT2D eigenvalue weighted by Crippen LogP contribution is 2.21. The van der Waals surface area contributed by atoms with Gasteiger partial charge in [-0.05, 0) is 54.6 Å². The molecule has 0 aromatic heterocycles. The van der Waals surface area contributed by atoms with Crippen molar-refractivity contribution >= 4 is 35.1 Å². The summed E-state index contributed by atoms with van der Waals surface area (Å²) in [5.41, 5.74) is 0.185. The third kappa shape index (κ3) is 4.95. The van der Waals surface area contributed by atoms with Crippen LogP contribution < -0.4 is 4.74 Å². The number of halogens is 2. The van der Waals surface area contributed by atoms with Crippen LogP contribution in [0.4, 0.5) is 10.1 Å². The molecular formula is C22H13ClFNO5. The summed E-state index contributed by atoms with van der Waals surface area (Å²) >= 11 is 5.92. The van der Waals surface area contributed by atoms with Gasteiger partial charge in [-0.3, -0.25) is 14.9 Å². The summed E-state index contributed by atoms with van der Waals surface area (Å²) in [6, 6.07) is 15.1. The van der Waals surface area contributed by atoms with E-state index in [0.717, 1.165) is 6.07 Å². The minimum absolute atomic E-state index is 0.0223. The summed E-state index contributed by atoms with van der Waals surface area (Å²) < 4.78 is 18.9. The van der Waals surface area contributed by atoms with E-state index in [2.05, 4.69) is 0 Å². The van der Waals surface area contributed by atoms with Crippen molar-refractivity contribution in [2.24, 2.45) is 0 Å². The Morgan fingerprint density at radius 3 is 2.37 bits per heavy atom. The maximum atomic E-state index is 13.8. The lowest BCUT2D eigenvalue weighted by molar-refractivity contribution is -0.384. The molecule has 0 aliphatic carbocycles. The van der Waals surface area contributed by atoms with Gasteiger partial charge in [0.1, 0.15) is 11.6 Å². The Labute approximate surface area is 175 Å². The van der Waals surface area contributed by atoms with Crippen LogP contribution in [0.15, 0.2) is 72.8 Å². The number of nitrogens with zero attached hydrogens (tertiary/aromatic N) is 1. The van der Waals surface area contributed by atoms with Crippen molar-refractivity contribution in [3.05, 3.63) is 110 Å². The average Bonchev–Trinajstić information content (AvgIpc) is 2.73. The molecule has 0 saturated heterocycles. The Morgan fingerprint density at radius 2 is 1.70 bits per heavy atom. The largest absolute Gasteiger partial charge is 0.423 e. The second kappa shape index (κ2) is 9.11. The number of carbonyl (C=O) groups excluding carboxylic acids is 2. The van der Waals surface area contributed by atoms with E-state index >= 15 is 0 Å². The van der Waals surface area contributed by atoms with Crippen molar-refractivity contribution in [3.8, 4) is 5.75 Å². The van der Waals surface area contributed by atoms with E-state index in [-0.39, 0.29) is 33.1 Å². The predicted molar refractivity (Wildman–Crippen MR) is 109 cm³/mol. The molecule has 0 heterocycles. The number of nitro benzene ring substituents is 1. The number of allylic oxidation sites excluding steroid dienone is 1. The highest BCUT2D eigenvalue weighted by Gasteiger charge is 2.14. The van der Waals surface area contributed by atoms with Gasteiger partial charge in [0.2, 0.25) is 0 Å². The smallest absolute Gasteiger partial charge is 0.343 e. The van der Waals surface area contributed by atoms with E-state index in [4.69, 9.17) is 16.3 Å². The van der Waals surface area contributed by atoms with E-state index < -0.39 is 22.5 Å². The highest BCUT2D eigenvalue weighted by molar-refractivity contribution is 6.32. The predicted octanol–water partition coefficient (Wildman–Crippen LogP) is 5.50. The molecule has 0 bridgehead atoms. The summed E-state index contributed by atoms with van der Waals surface area (Å²) in [7, 11) is 0. The van der Waals surface area contributed by atoms with Crippen molar-refractivity contribution in [3.63, 3.8) is 0 Å². The standard InChI is InChI=1S/C22H13ClFNO5/c23-19-5-2-6-20(24)18(19)11-12-21(26)14-7-9-17(10-8-14)30-22(27)15-3-1-4-16(13-15)25(28)29/h1-13H. The second-order valence-electron chi connectivity index (χ2n) is 6.05. The lowest BCUT2D eigenvalue weighted by Gasteiger charge is -2.05. The molecule has 0 atom stereocenters. The molecule has 3 aromatic rings. The maximum absolute atomic E-state index is 13.8. The topological polar surface area (TPSA) is 86.5 Å². The number of benzene rings is 3. The fraction of sp³-hybridized carbons (Fsp3) is 0. The summed E-state index contributed by atoms with van der Waals surface area (Å²) in [4.78, 5) is 34.6. The van der Waals surface area contributed by atoms with E-state index in [1.807, 2.05) is 0 Å². The molecule has 8 heteroatoms. The van der Waals surface area contributed by atoms with E-state index in [1.54, 1.807) is 0 Å². The lowest BCUT2D eigenvalue weighted by atomic mass is 10.1. The normalized spacial score (nSPS) is 10.7. The number of nitro groups is 1. The molecule has 0 fully saturated rings. The molecule has 0 amide bonds. The zero-order valence-electron chi connectivity index (χ0n) is 15.2. The molecular weight excluding hydrogens is 413 g/mol. The van der Waals surface area contributed by atoms with Gasteiger partial charge in [0.15, 0.2) is 5.78 Å². The van der Waals surface area contributed by atoms with Gasteiger partial charge in [-0.1, -0.05) is 23.7 Å². The van der Waals surface area contributed by atoms with Crippen LogP contribution in [-0.2, 0) is 0 Å². The molecule has 0 aliphatic heterocycles. The molecule has 150 valence electrons. The first-order valence-corrected chi connectivity index (χ1v) is 8.96. The molecule has 0 saturated carbocycles. The average molecular weight is 426 g/mol. The van der Waals surface area contributed by atoms with Crippen molar-refractivity contribution in [1.82, 2.24) is 0 Å². The minimum Gasteiger partial charge on any atom is -0.423 e. The molecule has 3 aromatic carbocycles. The summed E-state index contributed by atoms with van der Waals surface area (Å²) in [5, 5.41) is 11.0. The van der Waals surface area contributed by atoms with Crippen LogP contribution in [0.3, 0.4) is 0 Å². The minimum atomic E-state index is -0.771. The maximum Gasteiger partial charge on any atom is 0.343 e. The quantitative estimate of drug-likeness (QED) is 0.130. The highest BCUT2D eigenvalue weighted by atomic mass is 35.5. The number of esters is 1. The van der Waals surface area contributed by atoms with Crippen molar-refractivity contribution in [2.45, 2.75) is 0 Å². The van der Waals surface area contributed by atoms with Crippen LogP contribution in [0.25, 0.3) is 6.08 Å². The molecule has 0 aliphatic rings. The van der Waals surface area contributed by atoms with Gasteiger partial charge in [0.05, 0.1) is 15.5 Å². The van der Waals surface area contributed by atoms with Gasteiger partial charge in [-0.15, -0.1) is 0 Å². The molecule has 0 radical (unpaired) electrons. The summed E-state index contributed by atoms with van der Waals surface area (Å²) in [5.74, 6) is -1.56. The molecule has 3 rings (SSSR count). The van der Waals surface area contributed by atoms with Crippen LogP contribution in [-0.4, -0.2) is 16.7 Å². The van der Waals surface area contributed by atoms with Gasteiger partial charge in [-0.2, -0.15) is 0 Å². The first-order chi connectivity index (χ1) is 14.3. The van der Waals surface area contributed by atoms with Crippen molar-refractivity contribution in [1.29, 1.82) is 0 Å². The number of non-ortho nitro benzene ring substituents is 1. The molecule has 30 heavy (non-hydrogen) atoms. The van der Waals surface area contributed by atoms with Gasteiger partial charge in [0, 0.05) is 23.3 Å². The Morgan fingerprint density at radius 1 is 1.00 bits per heavy atom. The Balaban J connectivity index is 1.69. The number of ketones is 1. The Kier molecular flexibility index (Phi) is 6.34. The number of hydrogen-bond donors (Lipinski definition) is 0. The summed E-state index contributed by atoms with van der Waals surface area (Å²) in [6.45, 7) is 0. The molecule has 6 nitrogen and oxygen atoms in total. The van der Waals surface area contributed by atoms with Gasteiger partial charge in [-0.25, -0.2) is 9.18 Å². The van der Waals surface area contributed by atoms with Crippen LogP contribution >= 0.6 is 11.6 Å². The molecule has 0 spiro atoms. The number of hydrogen-bond acceptors (Lipinski definition) is 5. The van der Waals surface area contributed by atoms with Crippen LogP contribution in [0.1, 0.15) is 26.3 Å². The third-order valence-corrected chi connectivity index (χ3v) is 4.37. The van der Waals surface area contributed by atoms with E-state index in [9.17, 15) is 24.1 Å². The number of carbonyl (C=O) groups is 2. The zero-order valence-corrected chi connectivity index (χ0v) is 16.0. The Hall–Kier alpha value is -3.84. The first kappa shape index (κ1) is 20.9. The number of rotatable bonds is 6. The van der Waals surface area contributed by atoms with Crippen molar-refractivity contribution < 1.29 is 23.6 Å². The van der Waals surface area contributed by atoms with Crippen LogP contribution in [0.5, 0.6) is 5.75 Å². The third-order valence-electron chi connectivity index (χ3n) is 4.04. The van der Waals surface area contributed by atoms with Gasteiger partial charge < -0.3 is 4.74 Å². The zero-order chi connectivity index (χ0) is 21.7. The number of ether oxygens (including phenoxy) is 1. The first-order valence-electron chi connectivity index (χ1n) is 8.58. The van der Waals surface area contributed by atoms with Gasteiger partial charge in [0.25, 0.3) is 5.69 Å². The molecule has 0 N–H and O–H groups in total. The summed E-state index contributed by atoms with van der Waals surface area (Å²) in [6.07, 6.45) is 2.48. The van der Waals surface area contributed by atoms with E-state index in [1.165, 1.54) is 72.8 Å². The SMILES string of the molecule is O=C(C=Cc1c(F)cccc1Cl)c1ccc(OC(=O)c2cccc([N+](=O)[O-])c2)cc1. The Bertz CT molecular complexity index is 1140. The molecule has 0 unspecified atom stereocenters. The fourth-order valence-electron chi connectivity index (χ4n) is 2.52. The monoisotopic (exact) mass is 425 g/mol. The van der Waals surface area contributed by atoms with Crippen LogP contribution in [0.2, 0.25) is 5.02 Å². The van der Waals surface area contributed by atoms with Gasteiger partial charge >= 0.3 is 5.97 Å².